The van der Waals surface area contributed by atoms with Crippen LogP contribution in [-0.4, -0.2) is 17.1 Å². The second-order valence-corrected chi connectivity index (χ2v) is 4.48. The maximum absolute atomic E-state index is 11.0. The largest absolute Gasteiger partial charge is 0.480 e. The molecule has 0 aliphatic heterocycles. The van der Waals surface area contributed by atoms with Crippen LogP contribution in [0, 0.1) is 0 Å². The van der Waals surface area contributed by atoms with Gasteiger partial charge in [-0.15, -0.1) is 0 Å². The molecule has 3 nitrogen and oxygen atoms in total. The summed E-state index contributed by atoms with van der Waals surface area (Å²) in [6.45, 7) is 1.65. The van der Waals surface area contributed by atoms with Gasteiger partial charge in [-0.2, -0.15) is 0 Å². The normalized spacial score (nSPS) is 12.3. The second kappa shape index (κ2) is 6.16. The van der Waals surface area contributed by atoms with E-state index < -0.39 is 12.0 Å². The van der Waals surface area contributed by atoms with E-state index in [0.29, 0.717) is 0 Å². The maximum Gasteiger partial charge on any atom is 0.320 e. The Morgan fingerprint density at radius 2 is 1.37 bits per heavy atom. The molecule has 2 rings (SSSR count). The molecule has 0 radical (unpaired) electrons. The van der Waals surface area contributed by atoms with Gasteiger partial charge >= 0.3 is 5.97 Å². The minimum absolute atomic E-state index is 0.117. The molecule has 0 amide bonds. The molecule has 2 aromatic rings. The standard InChI is InChI=1S/C16H17NO2/c1-12(16(18)19)17-15(13-8-4-2-5-9-13)14-10-6-3-7-11-14/h2-12,15,17H,1H3,(H,18,19)/t12-/m0/s1. The maximum atomic E-state index is 11.0. The molecule has 0 saturated carbocycles. The van der Waals surface area contributed by atoms with Gasteiger partial charge in [0.1, 0.15) is 6.04 Å². The number of carboxylic acids is 1. The van der Waals surface area contributed by atoms with Crippen molar-refractivity contribution in [2.24, 2.45) is 0 Å². The highest BCUT2D eigenvalue weighted by atomic mass is 16.4. The Balaban J connectivity index is 2.32. The number of benzene rings is 2. The molecule has 2 N–H and O–H groups in total. The van der Waals surface area contributed by atoms with E-state index in [0.717, 1.165) is 11.1 Å². The van der Waals surface area contributed by atoms with E-state index in [9.17, 15) is 4.79 Å². The number of carboxylic acid groups (broad SMARTS) is 1. The molecule has 0 fully saturated rings. The van der Waals surface area contributed by atoms with E-state index in [2.05, 4.69) is 5.32 Å². The van der Waals surface area contributed by atoms with Crippen LogP contribution in [0.2, 0.25) is 0 Å². The van der Waals surface area contributed by atoms with E-state index in [-0.39, 0.29) is 6.04 Å². The average molecular weight is 255 g/mol. The summed E-state index contributed by atoms with van der Waals surface area (Å²) in [5, 5.41) is 12.2. The first-order chi connectivity index (χ1) is 9.18. The Kier molecular flexibility index (Phi) is 4.31. The summed E-state index contributed by atoms with van der Waals surface area (Å²) in [4.78, 5) is 11.0. The molecule has 3 heteroatoms. The van der Waals surface area contributed by atoms with Crippen molar-refractivity contribution in [3.63, 3.8) is 0 Å². The number of rotatable bonds is 5. The van der Waals surface area contributed by atoms with Crippen LogP contribution >= 0.6 is 0 Å². The van der Waals surface area contributed by atoms with E-state index >= 15 is 0 Å². The van der Waals surface area contributed by atoms with Crippen LogP contribution in [0.1, 0.15) is 24.1 Å². The second-order valence-electron chi connectivity index (χ2n) is 4.48. The molecule has 19 heavy (non-hydrogen) atoms. The molecule has 0 heterocycles. The Labute approximate surface area is 112 Å². The predicted octanol–water partition coefficient (Wildman–Crippen LogP) is 2.84. The summed E-state index contributed by atoms with van der Waals surface area (Å²) in [6.07, 6.45) is 0. The van der Waals surface area contributed by atoms with Crippen LogP contribution in [0.15, 0.2) is 60.7 Å². The molecule has 98 valence electrons. The number of hydrogen-bond acceptors (Lipinski definition) is 2. The van der Waals surface area contributed by atoms with Crippen molar-refractivity contribution in [2.45, 2.75) is 19.0 Å². The Morgan fingerprint density at radius 1 is 0.947 bits per heavy atom. The van der Waals surface area contributed by atoms with E-state index in [1.54, 1.807) is 6.92 Å². The zero-order valence-corrected chi connectivity index (χ0v) is 10.8. The highest BCUT2D eigenvalue weighted by Gasteiger charge is 2.19. The van der Waals surface area contributed by atoms with Gasteiger partial charge in [0.25, 0.3) is 0 Å². The lowest BCUT2D eigenvalue weighted by Gasteiger charge is -2.22. The van der Waals surface area contributed by atoms with Crippen molar-refractivity contribution in [3.8, 4) is 0 Å². The molecule has 0 aromatic heterocycles. The van der Waals surface area contributed by atoms with E-state index in [1.807, 2.05) is 60.7 Å². The highest BCUT2D eigenvalue weighted by molar-refractivity contribution is 5.73. The minimum Gasteiger partial charge on any atom is -0.480 e. The van der Waals surface area contributed by atoms with Crippen molar-refractivity contribution < 1.29 is 9.90 Å². The van der Waals surface area contributed by atoms with Crippen molar-refractivity contribution in [1.29, 1.82) is 0 Å². The van der Waals surface area contributed by atoms with Crippen LogP contribution in [0.25, 0.3) is 0 Å². The summed E-state index contributed by atoms with van der Waals surface area (Å²) in [6, 6.07) is 19.0. The molecule has 0 aliphatic rings. The van der Waals surface area contributed by atoms with Crippen LogP contribution in [0.5, 0.6) is 0 Å². The van der Waals surface area contributed by atoms with Gasteiger partial charge in [0.2, 0.25) is 0 Å². The van der Waals surface area contributed by atoms with Crippen LogP contribution in [0.4, 0.5) is 0 Å². The monoisotopic (exact) mass is 255 g/mol. The van der Waals surface area contributed by atoms with Crippen molar-refractivity contribution >= 4 is 5.97 Å². The van der Waals surface area contributed by atoms with Crippen molar-refractivity contribution in [1.82, 2.24) is 5.32 Å². The Hall–Kier alpha value is -2.13. The molecule has 0 unspecified atom stereocenters. The highest BCUT2D eigenvalue weighted by Crippen LogP contribution is 2.22. The van der Waals surface area contributed by atoms with Gasteiger partial charge in [-0.3, -0.25) is 10.1 Å². The van der Waals surface area contributed by atoms with E-state index in [1.165, 1.54) is 0 Å². The van der Waals surface area contributed by atoms with Gasteiger partial charge in [-0.1, -0.05) is 60.7 Å². The van der Waals surface area contributed by atoms with E-state index in [4.69, 9.17) is 5.11 Å². The Bertz CT molecular complexity index is 485. The fourth-order valence-corrected chi connectivity index (χ4v) is 2.00. The molecular weight excluding hydrogens is 238 g/mol. The molecule has 1 atom stereocenters. The fraction of sp³-hybridized carbons (Fsp3) is 0.188. The lowest BCUT2D eigenvalue weighted by Crippen LogP contribution is -2.37. The summed E-state index contributed by atoms with van der Waals surface area (Å²) in [5.41, 5.74) is 2.11. The fourth-order valence-electron chi connectivity index (χ4n) is 2.00. The lowest BCUT2D eigenvalue weighted by atomic mass is 9.98. The van der Waals surface area contributed by atoms with Crippen LogP contribution in [0.3, 0.4) is 0 Å². The molecule has 0 aliphatic carbocycles. The minimum atomic E-state index is -0.850. The van der Waals surface area contributed by atoms with Gasteiger partial charge in [0, 0.05) is 0 Å². The number of carbonyl (C=O) groups is 1. The predicted molar refractivity (Wildman–Crippen MR) is 75.0 cm³/mol. The number of aliphatic carboxylic acids is 1. The lowest BCUT2D eigenvalue weighted by molar-refractivity contribution is -0.139. The zero-order valence-electron chi connectivity index (χ0n) is 10.8. The first-order valence-electron chi connectivity index (χ1n) is 6.27. The average Bonchev–Trinajstić information content (AvgIpc) is 2.46. The third-order valence-corrected chi connectivity index (χ3v) is 3.05. The van der Waals surface area contributed by atoms with Gasteiger partial charge < -0.3 is 5.11 Å². The third-order valence-electron chi connectivity index (χ3n) is 3.05. The molecule has 0 spiro atoms. The molecular formula is C16H17NO2. The topological polar surface area (TPSA) is 49.3 Å². The number of hydrogen-bond donors (Lipinski definition) is 2. The summed E-state index contributed by atoms with van der Waals surface area (Å²) < 4.78 is 0. The van der Waals surface area contributed by atoms with Gasteiger partial charge in [-0.05, 0) is 18.1 Å². The van der Waals surface area contributed by atoms with Gasteiger partial charge in [0.15, 0.2) is 0 Å². The summed E-state index contributed by atoms with van der Waals surface area (Å²) in [5.74, 6) is -0.850. The van der Waals surface area contributed by atoms with Gasteiger partial charge in [0.05, 0.1) is 6.04 Å². The zero-order chi connectivity index (χ0) is 13.7. The molecule has 0 saturated heterocycles. The quantitative estimate of drug-likeness (QED) is 0.863. The first-order valence-corrected chi connectivity index (χ1v) is 6.27. The first kappa shape index (κ1) is 13.3. The SMILES string of the molecule is C[C@H](NC(c1ccccc1)c1ccccc1)C(=O)O. The van der Waals surface area contributed by atoms with Gasteiger partial charge in [-0.25, -0.2) is 0 Å². The third kappa shape index (κ3) is 3.42. The number of nitrogens with one attached hydrogen (secondary N) is 1. The summed E-state index contributed by atoms with van der Waals surface area (Å²) in [7, 11) is 0. The van der Waals surface area contributed by atoms with Crippen molar-refractivity contribution in [3.05, 3.63) is 71.8 Å². The van der Waals surface area contributed by atoms with Crippen LogP contribution in [-0.2, 0) is 4.79 Å². The Morgan fingerprint density at radius 3 is 1.74 bits per heavy atom. The van der Waals surface area contributed by atoms with Crippen molar-refractivity contribution in [2.75, 3.05) is 0 Å². The van der Waals surface area contributed by atoms with Crippen LogP contribution < -0.4 is 5.32 Å². The molecule has 2 aromatic carbocycles. The smallest absolute Gasteiger partial charge is 0.320 e. The summed E-state index contributed by atoms with van der Waals surface area (Å²) >= 11 is 0. The molecule has 0 bridgehead atoms.